The van der Waals surface area contributed by atoms with Gasteiger partial charge in [0.15, 0.2) is 0 Å². The highest BCUT2D eigenvalue weighted by Gasteiger charge is 2.25. The Bertz CT molecular complexity index is 815. The van der Waals surface area contributed by atoms with Crippen molar-refractivity contribution < 1.29 is 14.3 Å². The van der Waals surface area contributed by atoms with Crippen LogP contribution in [0.3, 0.4) is 0 Å². The molecule has 2 heterocycles. The molecule has 1 saturated heterocycles. The minimum Gasteiger partial charge on any atom is -0.450 e. The van der Waals surface area contributed by atoms with Crippen molar-refractivity contribution in [2.45, 2.75) is 20.4 Å². The number of aryl methyl sites for hydroxylation is 1. The van der Waals surface area contributed by atoms with Crippen molar-refractivity contribution in [1.82, 2.24) is 14.8 Å². The van der Waals surface area contributed by atoms with E-state index in [-0.39, 0.29) is 12.0 Å². The van der Waals surface area contributed by atoms with Crippen molar-refractivity contribution in [3.8, 4) is 0 Å². The van der Waals surface area contributed by atoms with Crippen molar-refractivity contribution in [1.29, 1.82) is 0 Å². The number of ether oxygens (including phenoxy) is 1. The molecular formula is C21H26N4O3. The lowest BCUT2D eigenvalue weighted by atomic mass is 10.1. The van der Waals surface area contributed by atoms with Crippen LogP contribution in [-0.2, 0) is 11.3 Å². The second-order valence-corrected chi connectivity index (χ2v) is 6.75. The minimum absolute atomic E-state index is 0.117. The molecule has 1 aliphatic rings. The summed E-state index contributed by atoms with van der Waals surface area (Å²) in [7, 11) is 0. The van der Waals surface area contributed by atoms with Crippen molar-refractivity contribution >= 4 is 17.7 Å². The third-order valence-electron chi connectivity index (χ3n) is 4.65. The highest BCUT2D eigenvalue weighted by atomic mass is 16.6. The molecule has 0 bridgehead atoms. The van der Waals surface area contributed by atoms with E-state index in [9.17, 15) is 9.59 Å². The Kier molecular flexibility index (Phi) is 6.47. The van der Waals surface area contributed by atoms with E-state index < -0.39 is 0 Å². The van der Waals surface area contributed by atoms with E-state index in [1.54, 1.807) is 29.0 Å². The Morgan fingerprint density at radius 2 is 1.86 bits per heavy atom. The maximum atomic E-state index is 12.6. The first kappa shape index (κ1) is 19.7. The molecule has 0 radical (unpaired) electrons. The Morgan fingerprint density at radius 1 is 1.11 bits per heavy atom. The Morgan fingerprint density at radius 3 is 2.50 bits per heavy atom. The highest BCUT2D eigenvalue weighted by Crippen LogP contribution is 2.13. The first-order valence-electron chi connectivity index (χ1n) is 9.53. The average molecular weight is 382 g/mol. The molecule has 2 aromatic rings. The molecule has 1 aliphatic heterocycles. The lowest BCUT2D eigenvalue weighted by Gasteiger charge is -2.33. The van der Waals surface area contributed by atoms with Crippen LogP contribution in [0, 0.1) is 6.92 Å². The quantitative estimate of drug-likeness (QED) is 0.861. The first-order chi connectivity index (χ1) is 13.6. The van der Waals surface area contributed by atoms with E-state index in [4.69, 9.17) is 4.74 Å². The largest absolute Gasteiger partial charge is 0.450 e. The fourth-order valence-corrected chi connectivity index (χ4v) is 3.12. The molecule has 1 aromatic heterocycles. The van der Waals surface area contributed by atoms with Gasteiger partial charge in [-0.3, -0.25) is 4.79 Å². The summed E-state index contributed by atoms with van der Waals surface area (Å²) in [5.74, 6) is -0.117. The van der Waals surface area contributed by atoms with E-state index in [2.05, 4.69) is 35.4 Å². The van der Waals surface area contributed by atoms with Crippen LogP contribution >= 0.6 is 0 Å². The molecule has 1 N–H and O–H groups in total. The van der Waals surface area contributed by atoms with Crippen LogP contribution in [0.15, 0.2) is 42.6 Å². The second kappa shape index (κ2) is 9.21. The standard InChI is InChI=1S/C21H26N4O3/c1-3-28-21(27)25-11-9-24(10-12-25)20(26)19-8-7-18(15-23-19)22-14-17-6-4-5-16(2)13-17/h4-8,13,15,22H,3,9-12,14H2,1-2H3. The molecule has 3 rings (SSSR count). The van der Waals surface area contributed by atoms with E-state index in [1.807, 2.05) is 12.1 Å². The molecule has 0 atom stereocenters. The summed E-state index contributed by atoms with van der Waals surface area (Å²) in [6, 6.07) is 11.9. The molecule has 0 unspecified atom stereocenters. The predicted molar refractivity (Wildman–Crippen MR) is 107 cm³/mol. The van der Waals surface area contributed by atoms with E-state index in [0.717, 1.165) is 5.69 Å². The highest BCUT2D eigenvalue weighted by molar-refractivity contribution is 5.92. The van der Waals surface area contributed by atoms with E-state index in [1.165, 1.54) is 11.1 Å². The van der Waals surface area contributed by atoms with Gasteiger partial charge in [0.2, 0.25) is 0 Å². The van der Waals surface area contributed by atoms with Crippen LogP contribution in [0.4, 0.5) is 10.5 Å². The molecule has 7 nitrogen and oxygen atoms in total. The van der Waals surface area contributed by atoms with Gasteiger partial charge in [0.25, 0.3) is 5.91 Å². The number of nitrogens with one attached hydrogen (secondary N) is 1. The first-order valence-corrected chi connectivity index (χ1v) is 9.53. The summed E-state index contributed by atoms with van der Waals surface area (Å²) in [4.78, 5) is 32.0. The number of benzene rings is 1. The Hall–Kier alpha value is -3.09. The van der Waals surface area contributed by atoms with Crippen molar-refractivity contribution in [3.05, 3.63) is 59.4 Å². The molecule has 28 heavy (non-hydrogen) atoms. The van der Waals surface area contributed by atoms with Crippen LogP contribution in [0.2, 0.25) is 0 Å². The number of hydrogen-bond donors (Lipinski definition) is 1. The number of pyridine rings is 1. The van der Waals surface area contributed by atoms with Crippen molar-refractivity contribution in [2.75, 3.05) is 38.1 Å². The SMILES string of the molecule is CCOC(=O)N1CCN(C(=O)c2ccc(NCc3cccc(C)c3)cn2)CC1. The van der Waals surface area contributed by atoms with Gasteiger partial charge in [0.05, 0.1) is 18.5 Å². The van der Waals surface area contributed by atoms with Crippen LogP contribution in [0.1, 0.15) is 28.5 Å². The lowest BCUT2D eigenvalue weighted by Crippen LogP contribution is -2.50. The maximum absolute atomic E-state index is 12.6. The van der Waals surface area contributed by atoms with Gasteiger partial charge in [-0.1, -0.05) is 29.8 Å². The summed E-state index contributed by atoms with van der Waals surface area (Å²) in [6.45, 7) is 6.81. The third-order valence-corrected chi connectivity index (χ3v) is 4.65. The fourth-order valence-electron chi connectivity index (χ4n) is 3.12. The molecule has 148 valence electrons. The molecule has 0 aliphatic carbocycles. The predicted octanol–water partition coefficient (Wildman–Crippen LogP) is 2.92. The molecule has 7 heteroatoms. The maximum Gasteiger partial charge on any atom is 0.409 e. The number of amides is 2. The number of carbonyl (C=O) groups excluding carboxylic acids is 2. The van der Waals surface area contributed by atoms with Gasteiger partial charge in [-0.15, -0.1) is 0 Å². The number of hydrogen-bond acceptors (Lipinski definition) is 5. The van der Waals surface area contributed by atoms with Gasteiger partial charge >= 0.3 is 6.09 Å². The van der Waals surface area contributed by atoms with E-state index >= 15 is 0 Å². The lowest BCUT2D eigenvalue weighted by molar-refractivity contribution is 0.0566. The molecule has 0 saturated carbocycles. The number of aromatic nitrogens is 1. The summed E-state index contributed by atoms with van der Waals surface area (Å²) in [5, 5.41) is 3.32. The smallest absolute Gasteiger partial charge is 0.409 e. The van der Waals surface area contributed by atoms with Gasteiger partial charge in [-0.05, 0) is 31.5 Å². The number of piperazine rings is 1. The van der Waals surface area contributed by atoms with Crippen molar-refractivity contribution in [2.24, 2.45) is 0 Å². The van der Waals surface area contributed by atoms with Crippen molar-refractivity contribution in [3.63, 3.8) is 0 Å². The summed E-state index contributed by atoms with van der Waals surface area (Å²) in [5.41, 5.74) is 3.69. The molecular weight excluding hydrogens is 356 g/mol. The zero-order chi connectivity index (χ0) is 19.9. The molecule has 2 amide bonds. The van der Waals surface area contributed by atoms with Crippen LogP contribution in [-0.4, -0.2) is 59.6 Å². The van der Waals surface area contributed by atoms with E-state index in [0.29, 0.717) is 45.0 Å². The summed E-state index contributed by atoms with van der Waals surface area (Å²) in [6.07, 6.45) is 1.36. The van der Waals surface area contributed by atoms with Gasteiger partial charge in [-0.2, -0.15) is 0 Å². The summed E-state index contributed by atoms with van der Waals surface area (Å²) >= 11 is 0. The van der Waals surface area contributed by atoms with Gasteiger partial charge < -0.3 is 19.9 Å². The van der Waals surface area contributed by atoms with Crippen LogP contribution in [0.25, 0.3) is 0 Å². The third kappa shape index (κ3) is 5.00. The van der Waals surface area contributed by atoms with Gasteiger partial charge in [0, 0.05) is 32.7 Å². The Labute approximate surface area is 165 Å². The number of anilines is 1. The minimum atomic E-state index is -0.322. The van der Waals surface area contributed by atoms with Crippen LogP contribution in [0.5, 0.6) is 0 Å². The van der Waals surface area contributed by atoms with Gasteiger partial charge in [0.1, 0.15) is 5.69 Å². The number of nitrogens with zero attached hydrogens (tertiary/aromatic N) is 3. The topological polar surface area (TPSA) is 74.8 Å². The molecule has 1 fully saturated rings. The second-order valence-electron chi connectivity index (χ2n) is 6.75. The number of rotatable bonds is 5. The summed E-state index contributed by atoms with van der Waals surface area (Å²) < 4.78 is 5.00. The normalized spacial score (nSPS) is 13.9. The zero-order valence-corrected chi connectivity index (χ0v) is 16.4. The monoisotopic (exact) mass is 382 g/mol. The Balaban J connectivity index is 1.52. The average Bonchev–Trinajstić information content (AvgIpc) is 2.72. The van der Waals surface area contributed by atoms with Crippen LogP contribution < -0.4 is 5.32 Å². The van der Waals surface area contributed by atoms with Gasteiger partial charge in [-0.25, -0.2) is 9.78 Å². The molecule has 1 aromatic carbocycles. The zero-order valence-electron chi connectivity index (χ0n) is 16.4. The molecule has 0 spiro atoms. The fraction of sp³-hybridized carbons (Fsp3) is 0.381. The number of carbonyl (C=O) groups is 2.